The second kappa shape index (κ2) is 22.3. The van der Waals surface area contributed by atoms with Crippen LogP contribution in [0.3, 0.4) is 0 Å². The number of nitrogens with zero attached hydrogens (tertiary/aromatic N) is 4. The van der Waals surface area contributed by atoms with Crippen LogP contribution in [0.4, 0.5) is 9.59 Å². The normalized spacial score (nSPS) is 20.6. The number of hydrogen-bond acceptors (Lipinski definition) is 12. The minimum absolute atomic E-state index is 0.0509. The molecule has 8 amide bonds. The van der Waals surface area contributed by atoms with E-state index in [0.29, 0.717) is 0 Å². The molecule has 382 valence electrons. The van der Waals surface area contributed by atoms with Crippen LogP contribution in [0.5, 0.6) is 0 Å². The standard InChI is InChI=1S/C48H78N8O12/c1-27(53(15)43(65)67-47(9,10)11)37(59)51-35(45(3,4)5)41(63)55-23-31(21-33(55)25-57)49-39(61)29-17-19-30(20-18-29)40(62)50-32-22-34(26-58)56(24-32)42(64)36(46(6,7)8)52-38(60)28(2)54(16)44(66)68-48(12,13)14/h17-20,27-28,31-36,57-58H,21-26H2,1-16H3,(H,49,61)(H,50,62)(H,51,59)(H,52,60)/t27-,28-,31-,32-,33-,34-,35+,36+/m0/s1. The lowest BCUT2D eigenvalue weighted by Crippen LogP contribution is -2.59. The first-order valence-electron chi connectivity index (χ1n) is 23.2. The van der Waals surface area contributed by atoms with Gasteiger partial charge in [-0.05, 0) is 103 Å². The van der Waals surface area contributed by atoms with Crippen LogP contribution in [0.1, 0.15) is 130 Å². The van der Waals surface area contributed by atoms with E-state index in [1.54, 1.807) is 83.1 Å². The Morgan fingerprint density at radius 3 is 1.13 bits per heavy atom. The van der Waals surface area contributed by atoms with Gasteiger partial charge in [-0.15, -0.1) is 0 Å². The van der Waals surface area contributed by atoms with Crippen LogP contribution in [0.2, 0.25) is 0 Å². The van der Waals surface area contributed by atoms with Crippen LogP contribution in [-0.4, -0.2) is 177 Å². The first-order chi connectivity index (χ1) is 31.1. The summed E-state index contributed by atoms with van der Waals surface area (Å²) in [5.41, 5.74) is -2.66. The maximum absolute atomic E-state index is 14.1. The van der Waals surface area contributed by atoms with Crippen molar-refractivity contribution in [2.24, 2.45) is 10.8 Å². The molecule has 0 saturated carbocycles. The third-order valence-electron chi connectivity index (χ3n) is 12.0. The number of benzene rings is 1. The molecular formula is C48H78N8O12. The zero-order valence-electron chi connectivity index (χ0n) is 42.9. The van der Waals surface area contributed by atoms with Crippen molar-refractivity contribution in [3.8, 4) is 0 Å². The summed E-state index contributed by atoms with van der Waals surface area (Å²) >= 11 is 0. The maximum Gasteiger partial charge on any atom is 0.410 e. The monoisotopic (exact) mass is 959 g/mol. The highest BCUT2D eigenvalue weighted by Crippen LogP contribution is 2.28. The maximum atomic E-state index is 14.1. The summed E-state index contributed by atoms with van der Waals surface area (Å²) in [6.07, 6.45) is -0.929. The summed E-state index contributed by atoms with van der Waals surface area (Å²) < 4.78 is 10.8. The fourth-order valence-electron chi connectivity index (χ4n) is 7.73. The van der Waals surface area contributed by atoms with Crippen molar-refractivity contribution >= 4 is 47.6 Å². The molecule has 0 spiro atoms. The molecule has 1 aromatic carbocycles. The Balaban J connectivity index is 1.65. The van der Waals surface area contributed by atoms with E-state index < -0.39 is 131 Å². The number of amides is 8. The van der Waals surface area contributed by atoms with Gasteiger partial charge in [0.15, 0.2) is 0 Å². The molecule has 2 aliphatic rings. The third-order valence-corrected chi connectivity index (χ3v) is 12.0. The molecule has 0 aromatic heterocycles. The largest absolute Gasteiger partial charge is 0.444 e. The number of aliphatic hydroxyl groups excluding tert-OH is 2. The van der Waals surface area contributed by atoms with Crippen LogP contribution in [0, 0.1) is 10.8 Å². The summed E-state index contributed by atoms with van der Waals surface area (Å²) in [5, 5.41) is 32.0. The Morgan fingerprint density at radius 1 is 0.588 bits per heavy atom. The number of likely N-dealkylation sites (N-methyl/N-ethyl adjacent to an activating group) is 2. The number of carbonyl (C=O) groups excluding carboxylic acids is 8. The molecule has 68 heavy (non-hydrogen) atoms. The van der Waals surface area contributed by atoms with E-state index in [2.05, 4.69) is 21.3 Å². The summed E-state index contributed by atoms with van der Waals surface area (Å²) in [6.45, 7) is 23.3. The van der Waals surface area contributed by atoms with Gasteiger partial charge in [-0.3, -0.25) is 38.6 Å². The van der Waals surface area contributed by atoms with Gasteiger partial charge in [0.1, 0.15) is 35.4 Å². The van der Waals surface area contributed by atoms with Crippen molar-refractivity contribution in [1.29, 1.82) is 0 Å². The highest BCUT2D eigenvalue weighted by Gasteiger charge is 2.45. The van der Waals surface area contributed by atoms with Gasteiger partial charge in [0.2, 0.25) is 23.6 Å². The molecule has 2 saturated heterocycles. The minimum atomic E-state index is -1.04. The quantitative estimate of drug-likeness (QED) is 0.157. The molecule has 0 bridgehead atoms. The van der Waals surface area contributed by atoms with Crippen molar-refractivity contribution in [3.63, 3.8) is 0 Å². The predicted molar refractivity (Wildman–Crippen MR) is 253 cm³/mol. The Bertz CT molecular complexity index is 1860. The number of aliphatic hydroxyl groups is 2. The molecule has 1 aromatic rings. The summed E-state index contributed by atoms with van der Waals surface area (Å²) in [5.74, 6) is -3.02. The number of likely N-dealkylation sites (tertiary alicyclic amines) is 2. The molecule has 0 unspecified atom stereocenters. The summed E-state index contributed by atoms with van der Waals surface area (Å²) in [6, 6.07) is -0.562. The summed E-state index contributed by atoms with van der Waals surface area (Å²) in [4.78, 5) is 112. The average Bonchev–Trinajstić information content (AvgIpc) is 3.84. The molecule has 0 aliphatic carbocycles. The molecule has 2 fully saturated rings. The Labute approximate surface area is 401 Å². The molecule has 2 heterocycles. The zero-order valence-corrected chi connectivity index (χ0v) is 42.9. The Morgan fingerprint density at radius 2 is 0.882 bits per heavy atom. The molecular weight excluding hydrogens is 881 g/mol. The number of hydrogen-bond donors (Lipinski definition) is 6. The van der Waals surface area contributed by atoms with Crippen LogP contribution in [0.25, 0.3) is 0 Å². The van der Waals surface area contributed by atoms with Crippen molar-refractivity contribution in [1.82, 2.24) is 40.9 Å². The van der Waals surface area contributed by atoms with Gasteiger partial charge in [-0.1, -0.05) is 41.5 Å². The molecule has 20 nitrogen and oxygen atoms in total. The number of carbonyl (C=O) groups is 8. The van der Waals surface area contributed by atoms with Crippen molar-refractivity contribution in [2.45, 2.75) is 169 Å². The van der Waals surface area contributed by atoms with Crippen LogP contribution < -0.4 is 21.3 Å². The molecule has 6 N–H and O–H groups in total. The van der Waals surface area contributed by atoms with Gasteiger partial charge in [0, 0.05) is 50.4 Å². The van der Waals surface area contributed by atoms with E-state index in [9.17, 15) is 48.6 Å². The summed E-state index contributed by atoms with van der Waals surface area (Å²) in [7, 11) is 2.86. The van der Waals surface area contributed by atoms with E-state index in [0.717, 1.165) is 9.80 Å². The highest BCUT2D eigenvalue weighted by molar-refractivity contribution is 5.98. The van der Waals surface area contributed by atoms with E-state index in [4.69, 9.17) is 9.47 Å². The minimum Gasteiger partial charge on any atom is -0.444 e. The van der Waals surface area contributed by atoms with Gasteiger partial charge in [0.25, 0.3) is 11.8 Å². The molecule has 0 radical (unpaired) electrons. The molecule has 2 aliphatic heterocycles. The lowest BCUT2D eigenvalue weighted by atomic mass is 9.85. The van der Waals surface area contributed by atoms with Crippen molar-refractivity contribution in [2.75, 3.05) is 40.4 Å². The first kappa shape index (κ1) is 56.8. The molecule has 8 atom stereocenters. The lowest BCUT2D eigenvalue weighted by Gasteiger charge is -2.36. The van der Waals surface area contributed by atoms with Crippen LogP contribution in [-0.2, 0) is 28.7 Å². The number of ether oxygens (including phenoxy) is 2. The highest BCUT2D eigenvalue weighted by atomic mass is 16.6. The SMILES string of the molecule is C[C@@H](C(=O)N[C@H](C(=O)N1C[C@@H](NC(=O)c2ccc(C(=O)N[C@H]3C[C@@H](CO)N(C(=O)[C@@H](NC(=O)[C@H](C)N(C)C(=O)OC(C)(C)C)C(C)(C)C)C3)cc2)C[C@H]1CO)C(C)(C)C)N(C)C(=O)OC(C)(C)C. The fourth-order valence-corrected chi connectivity index (χ4v) is 7.73. The smallest absolute Gasteiger partial charge is 0.410 e. The average molecular weight is 959 g/mol. The Kier molecular flexibility index (Phi) is 18.6. The van der Waals surface area contributed by atoms with E-state index in [-0.39, 0.29) is 37.1 Å². The Hall–Kier alpha value is -5.50. The van der Waals surface area contributed by atoms with Gasteiger partial charge in [-0.2, -0.15) is 0 Å². The number of nitrogens with one attached hydrogen (secondary N) is 4. The van der Waals surface area contributed by atoms with E-state index in [1.807, 2.05) is 0 Å². The van der Waals surface area contributed by atoms with Gasteiger partial charge in [-0.25, -0.2) is 9.59 Å². The fraction of sp³-hybridized carbons (Fsp3) is 0.708. The predicted octanol–water partition coefficient (Wildman–Crippen LogP) is 2.64. The van der Waals surface area contributed by atoms with E-state index in [1.165, 1.54) is 62.0 Å². The van der Waals surface area contributed by atoms with Crippen molar-refractivity contribution < 1.29 is 58.0 Å². The first-order valence-corrected chi connectivity index (χ1v) is 23.2. The van der Waals surface area contributed by atoms with Crippen LogP contribution in [0.15, 0.2) is 24.3 Å². The zero-order chi connectivity index (χ0) is 52.0. The van der Waals surface area contributed by atoms with Gasteiger partial charge in [0.05, 0.1) is 25.3 Å². The van der Waals surface area contributed by atoms with Gasteiger partial charge < -0.3 is 50.8 Å². The molecule has 3 rings (SSSR count). The number of rotatable bonds is 14. The van der Waals surface area contributed by atoms with E-state index >= 15 is 0 Å². The van der Waals surface area contributed by atoms with Crippen molar-refractivity contribution in [3.05, 3.63) is 35.4 Å². The second-order valence-corrected chi connectivity index (χ2v) is 22.2. The topological polar surface area (TPSA) is 257 Å². The third kappa shape index (κ3) is 15.3. The lowest BCUT2D eigenvalue weighted by molar-refractivity contribution is -0.141. The second-order valence-electron chi connectivity index (χ2n) is 22.2. The molecule has 20 heteroatoms. The van der Waals surface area contributed by atoms with Crippen LogP contribution >= 0.6 is 0 Å². The van der Waals surface area contributed by atoms with Gasteiger partial charge >= 0.3 is 12.2 Å².